The molecule has 0 unspecified atom stereocenters. The first-order valence-electron chi connectivity index (χ1n) is 4.98. The molecule has 0 aromatic carbocycles. The molecule has 7 nitrogen and oxygen atoms in total. The Balaban J connectivity index is 2.47. The fourth-order valence-electron chi connectivity index (χ4n) is 1.32. The van der Waals surface area contributed by atoms with E-state index < -0.39 is 0 Å². The molecule has 7 heteroatoms. The summed E-state index contributed by atoms with van der Waals surface area (Å²) in [5.41, 5.74) is 6.84. The van der Waals surface area contributed by atoms with E-state index in [1.165, 1.54) is 0 Å². The van der Waals surface area contributed by atoms with Crippen LogP contribution >= 0.6 is 0 Å². The molecule has 0 amide bonds. The second kappa shape index (κ2) is 3.29. The van der Waals surface area contributed by atoms with Gasteiger partial charge in [0.2, 0.25) is 5.82 Å². The van der Waals surface area contributed by atoms with Gasteiger partial charge in [0.25, 0.3) is 0 Å². The van der Waals surface area contributed by atoms with Crippen molar-refractivity contribution in [3.63, 3.8) is 0 Å². The van der Waals surface area contributed by atoms with E-state index in [-0.39, 0.29) is 5.54 Å². The van der Waals surface area contributed by atoms with Crippen LogP contribution in [0.1, 0.15) is 20.8 Å². The third-order valence-electron chi connectivity index (χ3n) is 2.19. The Kier molecular flexibility index (Phi) is 2.18. The molecule has 0 fully saturated rings. The number of nitrogens with two attached hydrogens (primary N) is 1. The molecule has 2 aromatic heterocycles. The van der Waals surface area contributed by atoms with Gasteiger partial charge in [-0.15, -0.1) is 10.2 Å². The summed E-state index contributed by atoms with van der Waals surface area (Å²) in [5, 5.41) is 16.3. The third kappa shape index (κ3) is 1.64. The number of aromatic nitrogens is 6. The van der Waals surface area contributed by atoms with Crippen LogP contribution in [0.3, 0.4) is 0 Å². The fraction of sp³-hybridized carbons (Fsp3) is 0.556. The average Bonchev–Trinajstić information content (AvgIpc) is 2.72. The Morgan fingerprint density at radius 3 is 2.44 bits per heavy atom. The van der Waals surface area contributed by atoms with E-state index in [0.29, 0.717) is 17.2 Å². The minimum Gasteiger partial charge on any atom is -0.396 e. The Bertz CT molecular complexity index is 483. The van der Waals surface area contributed by atoms with E-state index in [0.717, 1.165) is 0 Å². The summed E-state index contributed by atoms with van der Waals surface area (Å²) in [7, 11) is 1.80. The van der Waals surface area contributed by atoms with Crippen LogP contribution in [0.5, 0.6) is 0 Å². The SMILES string of the molecule is Cn1ncc(N)c1-c1nnn(C(C)(C)C)n1. The van der Waals surface area contributed by atoms with E-state index in [1.54, 1.807) is 22.7 Å². The van der Waals surface area contributed by atoms with Gasteiger partial charge in [0.1, 0.15) is 5.69 Å². The molecule has 0 spiro atoms. The van der Waals surface area contributed by atoms with Gasteiger partial charge in [-0.2, -0.15) is 9.90 Å². The van der Waals surface area contributed by atoms with Crippen LogP contribution in [-0.4, -0.2) is 30.0 Å². The van der Waals surface area contributed by atoms with Crippen molar-refractivity contribution in [1.29, 1.82) is 0 Å². The first-order chi connectivity index (χ1) is 7.39. The molecule has 0 atom stereocenters. The maximum absolute atomic E-state index is 5.79. The van der Waals surface area contributed by atoms with Crippen LogP contribution in [0.15, 0.2) is 6.20 Å². The quantitative estimate of drug-likeness (QED) is 0.753. The number of hydrogen-bond donors (Lipinski definition) is 1. The molecule has 0 saturated carbocycles. The zero-order valence-electron chi connectivity index (χ0n) is 9.84. The lowest BCUT2D eigenvalue weighted by Crippen LogP contribution is -2.24. The van der Waals surface area contributed by atoms with Gasteiger partial charge < -0.3 is 5.73 Å². The standard InChI is InChI=1S/C9H15N7/c1-9(2,3)16-13-8(12-14-16)7-6(10)5-11-15(7)4/h5H,10H2,1-4H3. The molecule has 0 bridgehead atoms. The number of anilines is 1. The highest BCUT2D eigenvalue weighted by Gasteiger charge is 2.20. The molecular weight excluding hydrogens is 206 g/mol. The molecule has 86 valence electrons. The van der Waals surface area contributed by atoms with Gasteiger partial charge in [-0.3, -0.25) is 4.68 Å². The monoisotopic (exact) mass is 221 g/mol. The minimum atomic E-state index is -0.196. The molecule has 2 aromatic rings. The van der Waals surface area contributed by atoms with Crippen LogP contribution in [0.2, 0.25) is 0 Å². The maximum Gasteiger partial charge on any atom is 0.225 e. The lowest BCUT2D eigenvalue weighted by atomic mass is 10.1. The van der Waals surface area contributed by atoms with Gasteiger partial charge in [-0.05, 0) is 26.0 Å². The Morgan fingerprint density at radius 1 is 1.31 bits per heavy atom. The number of nitrogens with zero attached hydrogens (tertiary/aromatic N) is 6. The van der Waals surface area contributed by atoms with Crippen LogP contribution < -0.4 is 5.73 Å². The molecular formula is C9H15N7. The number of tetrazole rings is 1. The Hall–Kier alpha value is -1.92. The van der Waals surface area contributed by atoms with Gasteiger partial charge in [0, 0.05) is 7.05 Å². The molecule has 0 aliphatic heterocycles. The highest BCUT2D eigenvalue weighted by molar-refractivity contribution is 5.66. The molecule has 0 aliphatic rings. The van der Waals surface area contributed by atoms with E-state index >= 15 is 0 Å². The molecule has 2 heterocycles. The number of aryl methyl sites for hydroxylation is 1. The van der Waals surface area contributed by atoms with Gasteiger partial charge >= 0.3 is 0 Å². The molecule has 0 saturated heterocycles. The molecule has 16 heavy (non-hydrogen) atoms. The summed E-state index contributed by atoms with van der Waals surface area (Å²) in [6.45, 7) is 6.02. The second-order valence-electron chi connectivity index (χ2n) is 4.65. The number of nitrogen functional groups attached to an aromatic ring is 1. The van der Waals surface area contributed by atoms with Crippen molar-refractivity contribution in [3.05, 3.63) is 6.20 Å². The lowest BCUT2D eigenvalue weighted by molar-refractivity contribution is 0.306. The first kappa shape index (κ1) is 10.6. The van der Waals surface area contributed by atoms with Gasteiger partial charge in [-0.1, -0.05) is 0 Å². The summed E-state index contributed by atoms with van der Waals surface area (Å²) < 4.78 is 1.64. The summed E-state index contributed by atoms with van der Waals surface area (Å²) in [6.07, 6.45) is 1.58. The summed E-state index contributed by atoms with van der Waals surface area (Å²) in [4.78, 5) is 1.56. The van der Waals surface area contributed by atoms with Crippen molar-refractivity contribution in [2.75, 3.05) is 5.73 Å². The molecule has 0 aliphatic carbocycles. The van der Waals surface area contributed by atoms with E-state index in [1.807, 2.05) is 20.8 Å². The topological polar surface area (TPSA) is 87.4 Å². The highest BCUT2D eigenvalue weighted by Crippen LogP contribution is 2.21. The van der Waals surface area contributed by atoms with Crippen LogP contribution in [-0.2, 0) is 12.6 Å². The lowest BCUT2D eigenvalue weighted by Gasteiger charge is -2.15. The van der Waals surface area contributed by atoms with E-state index in [2.05, 4.69) is 20.5 Å². The fourth-order valence-corrected chi connectivity index (χ4v) is 1.32. The van der Waals surface area contributed by atoms with Crippen molar-refractivity contribution >= 4 is 5.69 Å². The number of hydrogen-bond acceptors (Lipinski definition) is 5. The molecule has 2 N–H and O–H groups in total. The second-order valence-corrected chi connectivity index (χ2v) is 4.65. The largest absolute Gasteiger partial charge is 0.396 e. The van der Waals surface area contributed by atoms with E-state index in [9.17, 15) is 0 Å². The van der Waals surface area contributed by atoms with Crippen molar-refractivity contribution in [2.24, 2.45) is 7.05 Å². The Morgan fingerprint density at radius 2 is 2.00 bits per heavy atom. The van der Waals surface area contributed by atoms with Crippen LogP contribution in [0.4, 0.5) is 5.69 Å². The van der Waals surface area contributed by atoms with Crippen molar-refractivity contribution in [1.82, 2.24) is 30.0 Å². The predicted molar refractivity (Wildman–Crippen MR) is 59.4 cm³/mol. The zero-order valence-corrected chi connectivity index (χ0v) is 9.84. The summed E-state index contributed by atoms with van der Waals surface area (Å²) in [6, 6.07) is 0. The molecule has 0 radical (unpaired) electrons. The predicted octanol–water partition coefficient (Wildman–Crippen LogP) is 0.411. The maximum atomic E-state index is 5.79. The number of rotatable bonds is 1. The van der Waals surface area contributed by atoms with Crippen molar-refractivity contribution < 1.29 is 0 Å². The van der Waals surface area contributed by atoms with Crippen molar-refractivity contribution in [3.8, 4) is 11.5 Å². The van der Waals surface area contributed by atoms with Crippen LogP contribution in [0, 0.1) is 0 Å². The Labute approximate surface area is 93.2 Å². The zero-order chi connectivity index (χ0) is 11.9. The summed E-state index contributed by atoms with van der Waals surface area (Å²) >= 11 is 0. The highest BCUT2D eigenvalue weighted by atomic mass is 15.6. The minimum absolute atomic E-state index is 0.196. The normalized spacial score (nSPS) is 12.0. The van der Waals surface area contributed by atoms with Gasteiger partial charge in [0.15, 0.2) is 0 Å². The summed E-state index contributed by atoms with van der Waals surface area (Å²) in [5.74, 6) is 0.493. The van der Waals surface area contributed by atoms with Crippen LogP contribution in [0.25, 0.3) is 11.5 Å². The average molecular weight is 221 g/mol. The van der Waals surface area contributed by atoms with Gasteiger partial charge in [0.05, 0.1) is 17.4 Å². The van der Waals surface area contributed by atoms with Gasteiger partial charge in [-0.25, -0.2) is 0 Å². The van der Waals surface area contributed by atoms with Crippen molar-refractivity contribution in [2.45, 2.75) is 26.3 Å². The third-order valence-corrected chi connectivity index (χ3v) is 2.19. The smallest absolute Gasteiger partial charge is 0.225 e. The van der Waals surface area contributed by atoms with E-state index in [4.69, 9.17) is 5.73 Å². The molecule has 2 rings (SSSR count). The first-order valence-corrected chi connectivity index (χ1v) is 4.98.